The van der Waals surface area contributed by atoms with Gasteiger partial charge in [-0.05, 0) is 6.07 Å². The van der Waals surface area contributed by atoms with Crippen molar-refractivity contribution in [2.45, 2.75) is 0 Å². The molecule has 0 aliphatic carbocycles. The van der Waals surface area contributed by atoms with Gasteiger partial charge in [0, 0.05) is 41.7 Å². The number of hydrogen-bond acceptors (Lipinski definition) is 2. The van der Waals surface area contributed by atoms with Crippen LogP contribution in [0, 0.1) is 6.92 Å². The Balaban J connectivity index is 0.000000490. The molecule has 45 valence electrons. The van der Waals surface area contributed by atoms with E-state index in [1.54, 1.807) is 18.5 Å². The molecule has 1 heterocycles. The molecule has 0 fully saturated rings. The van der Waals surface area contributed by atoms with Gasteiger partial charge in [0.2, 0.25) is 0 Å². The molecule has 3 radical (unpaired) electrons. The van der Waals surface area contributed by atoms with E-state index in [1.807, 2.05) is 0 Å². The zero-order valence-electron chi connectivity index (χ0n) is 4.01. The van der Waals surface area contributed by atoms with Crippen molar-refractivity contribution in [2.24, 2.45) is 0 Å². The first-order chi connectivity index (χ1) is 3.39. The summed E-state index contributed by atoms with van der Waals surface area (Å²) in [5, 5.41) is 0. The second-order valence-corrected chi connectivity index (χ2v) is 1.11. The van der Waals surface area contributed by atoms with Crippen LogP contribution < -0.4 is 0 Å². The average Bonchev–Trinajstić information content (AvgIpc) is 1.69. The Labute approximate surface area is 63.9 Å². The van der Waals surface area contributed by atoms with Crippen LogP contribution in [0.1, 0.15) is 5.82 Å². The van der Waals surface area contributed by atoms with E-state index in [9.17, 15) is 0 Å². The van der Waals surface area contributed by atoms with Crippen LogP contribution in [0.15, 0.2) is 18.5 Å². The summed E-state index contributed by atoms with van der Waals surface area (Å²) < 4.78 is 0. The maximum atomic E-state index is 5.14. The second-order valence-electron chi connectivity index (χ2n) is 1.11. The molecule has 2 nitrogen and oxygen atoms in total. The molecule has 3 heteroatoms. The predicted molar refractivity (Wildman–Crippen MR) is 25.4 cm³/mol. The molecule has 0 saturated heterocycles. The summed E-state index contributed by atoms with van der Waals surface area (Å²) in [4.78, 5) is 7.29. The minimum atomic E-state index is 0. The molecular formula is C5H4AgN2. The van der Waals surface area contributed by atoms with Gasteiger partial charge in [-0.2, -0.15) is 0 Å². The van der Waals surface area contributed by atoms with Crippen molar-refractivity contribution in [3.63, 3.8) is 0 Å². The predicted octanol–water partition coefficient (Wildman–Crippen LogP) is 0.533. The number of nitrogens with zero attached hydrogens (tertiary/aromatic N) is 2. The molecule has 1 rings (SSSR count). The van der Waals surface area contributed by atoms with Gasteiger partial charge in [-0.25, -0.2) is 9.97 Å². The molecule has 0 aliphatic rings. The number of hydrogen-bond donors (Lipinski definition) is 0. The van der Waals surface area contributed by atoms with Crippen LogP contribution in [0.25, 0.3) is 0 Å². The van der Waals surface area contributed by atoms with Crippen LogP contribution in [-0.2, 0) is 22.4 Å². The van der Waals surface area contributed by atoms with E-state index < -0.39 is 0 Å². The molecule has 0 N–H and O–H groups in total. The van der Waals surface area contributed by atoms with Crippen molar-refractivity contribution in [1.82, 2.24) is 9.97 Å². The molecule has 0 aromatic carbocycles. The Morgan fingerprint density at radius 3 is 2.00 bits per heavy atom. The average molecular weight is 200 g/mol. The van der Waals surface area contributed by atoms with Crippen molar-refractivity contribution in [3.8, 4) is 0 Å². The molecule has 0 unspecified atom stereocenters. The van der Waals surface area contributed by atoms with Gasteiger partial charge >= 0.3 is 0 Å². The van der Waals surface area contributed by atoms with E-state index in [1.165, 1.54) is 0 Å². The fourth-order valence-electron chi connectivity index (χ4n) is 0.311. The van der Waals surface area contributed by atoms with Gasteiger partial charge in [0.15, 0.2) is 0 Å². The quantitative estimate of drug-likeness (QED) is 0.571. The third kappa shape index (κ3) is 2.21. The SMILES string of the molecule is [Ag].[CH]c1ncccn1. The van der Waals surface area contributed by atoms with Crippen LogP contribution in [0.4, 0.5) is 0 Å². The normalized spacial score (nSPS) is 7.62. The van der Waals surface area contributed by atoms with Crippen molar-refractivity contribution in [2.75, 3.05) is 0 Å². The molecule has 0 spiro atoms. The molecule has 0 aliphatic heterocycles. The van der Waals surface area contributed by atoms with Crippen LogP contribution in [-0.4, -0.2) is 9.97 Å². The molecule has 8 heavy (non-hydrogen) atoms. The van der Waals surface area contributed by atoms with Crippen molar-refractivity contribution >= 4 is 0 Å². The summed E-state index contributed by atoms with van der Waals surface area (Å²) in [5.41, 5.74) is 0. The third-order valence-electron chi connectivity index (χ3n) is 0.586. The standard InChI is InChI=1S/C5H4N2.Ag/c1-5-6-3-2-4-7-5;/h1-4H;. The van der Waals surface area contributed by atoms with Crippen LogP contribution >= 0.6 is 0 Å². The summed E-state index contributed by atoms with van der Waals surface area (Å²) in [7, 11) is 0. The zero-order chi connectivity index (χ0) is 5.11. The van der Waals surface area contributed by atoms with Gasteiger partial charge in [-0.1, -0.05) is 0 Å². The largest absolute Gasteiger partial charge is 0.241 e. The fraction of sp³-hybridized carbons (Fsp3) is 0. The summed E-state index contributed by atoms with van der Waals surface area (Å²) in [5.74, 6) is 0.322. The van der Waals surface area contributed by atoms with Crippen LogP contribution in [0.3, 0.4) is 0 Å². The Morgan fingerprint density at radius 1 is 1.25 bits per heavy atom. The Kier molecular flexibility index (Phi) is 3.69. The molecule has 0 amide bonds. The molecule has 1 aromatic rings. The van der Waals surface area contributed by atoms with E-state index in [-0.39, 0.29) is 22.4 Å². The van der Waals surface area contributed by atoms with Gasteiger partial charge in [0.1, 0.15) is 5.82 Å². The summed E-state index contributed by atoms with van der Waals surface area (Å²) in [6, 6.07) is 1.72. The van der Waals surface area contributed by atoms with Crippen LogP contribution in [0.2, 0.25) is 0 Å². The van der Waals surface area contributed by atoms with Gasteiger partial charge in [0.05, 0.1) is 0 Å². The molecule has 0 saturated carbocycles. The van der Waals surface area contributed by atoms with Crippen molar-refractivity contribution in [3.05, 3.63) is 31.2 Å². The topological polar surface area (TPSA) is 25.8 Å². The monoisotopic (exact) mass is 199 g/mol. The van der Waals surface area contributed by atoms with Crippen molar-refractivity contribution in [1.29, 1.82) is 0 Å². The molecule has 1 aromatic heterocycles. The van der Waals surface area contributed by atoms with Gasteiger partial charge < -0.3 is 0 Å². The summed E-state index contributed by atoms with van der Waals surface area (Å²) in [6.45, 7) is 5.14. The van der Waals surface area contributed by atoms with E-state index in [0.717, 1.165) is 0 Å². The third-order valence-corrected chi connectivity index (χ3v) is 0.586. The fourth-order valence-corrected chi connectivity index (χ4v) is 0.311. The van der Waals surface area contributed by atoms with E-state index in [4.69, 9.17) is 6.92 Å². The maximum Gasteiger partial charge on any atom is 0.132 e. The molecular weight excluding hydrogens is 196 g/mol. The Bertz CT molecular complexity index is 140. The second kappa shape index (κ2) is 3.78. The first kappa shape index (κ1) is 7.82. The minimum Gasteiger partial charge on any atom is -0.241 e. The first-order valence-electron chi connectivity index (χ1n) is 1.92. The first-order valence-corrected chi connectivity index (χ1v) is 1.92. The van der Waals surface area contributed by atoms with E-state index >= 15 is 0 Å². The van der Waals surface area contributed by atoms with E-state index in [0.29, 0.717) is 5.82 Å². The van der Waals surface area contributed by atoms with Gasteiger partial charge in [-0.3, -0.25) is 0 Å². The smallest absolute Gasteiger partial charge is 0.132 e. The zero-order valence-corrected chi connectivity index (χ0v) is 5.49. The summed E-state index contributed by atoms with van der Waals surface area (Å²) >= 11 is 0. The van der Waals surface area contributed by atoms with Crippen LogP contribution in [0.5, 0.6) is 0 Å². The Morgan fingerprint density at radius 2 is 1.75 bits per heavy atom. The molecule has 0 atom stereocenters. The minimum absolute atomic E-state index is 0. The summed E-state index contributed by atoms with van der Waals surface area (Å²) in [6.07, 6.45) is 3.20. The number of aromatic nitrogens is 2. The Hall–Kier alpha value is -0.180. The number of rotatable bonds is 0. The van der Waals surface area contributed by atoms with Gasteiger partial charge in [0.25, 0.3) is 0 Å². The van der Waals surface area contributed by atoms with Crippen molar-refractivity contribution < 1.29 is 22.4 Å². The van der Waals surface area contributed by atoms with Gasteiger partial charge in [-0.15, -0.1) is 0 Å². The van der Waals surface area contributed by atoms with E-state index in [2.05, 4.69) is 9.97 Å². The maximum absolute atomic E-state index is 5.14. The molecule has 0 bridgehead atoms.